The van der Waals surface area contributed by atoms with Gasteiger partial charge in [-0.3, -0.25) is 0 Å². The number of nitrogens with zero attached hydrogens (tertiary/aromatic N) is 1. The number of hydrogen-bond acceptors (Lipinski definition) is 3. The predicted molar refractivity (Wildman–Crippen MR) is 62.6 cm³/mol. The summed E-state index contributed by atoms with van der Waals surface area (Å²) in [5.74, 6) is 1.31. The van der Waals surface area contributed by atoms with Crippen molar-refractivity contribution in [3.8, 4) is 11.6 Å². The molecular weight excluding hydrogens is 220 g/mol. The molecule has 0 radical (unpaired) electrons. The topological polar surface area (TPSA) is 71.2 Å². The van der Waals surface area contributed by atoms with E-state index >= 15 is 0 Å². The van der Waals surface area contributed by atoms with E-state index in [2.05, 4.69) is 4.98 Å². The maximum absolute atomic E-state index is 11.8. The van der Waals surface area contributed by atoms with Crippen molar-refractivity contribution < 1.29 is 9.52 Å². The minimum atomic E-state index is -0.292. The zero-order valence-electron chi connectivity index (χ0n) is 9.10. The van der Waals surface area contributed by atoms with Crippen LogP contribution in [-0.2, 0) is 0 Å². The highest BCUT2D eigenvalue weighted by Gasteiger charge is 2.11. The number of phenolic OH excluding ortho intramolecular Hbond substituents is 1. The minimum absolute atomic E-state index is 0.113. The van der Waals surface area contributed by atoms with Crippen molar-refractivity contribution in [2.24, 2.45) is 0 Å². The van der Waals surface area contributed by atoms with Gasteiger partial charge in [-0.05, 0) is 25.1 Å². The molecule has 0 aliphatic heterocycles. The van der Waals surface area contributed by atoms with Gasteiger partial charge in [0.2, 0.25) is 5.88 Å². The predicted octanol–water partition coefficient (Wildman–Crippen LogP) is 1.93. The van der Waals surface area contributed by atoms with Gasteiger partial charge in [-0.2, -0.15) is 0 Å². The molecule has 0 saturated heterocycles. The van der Waals surface area contributed by atoms with E-state index in [0.717, 1.165) is 5.76 Å². The number of fused-ring (bicyclic) bond motifs is 1. The van der Waals surface area contributed by atoms with Crippen molar-refractivity contribution >= 4 is 11.0 Å². The largest absolute Gasteiger partial charge is 0.508 e. The highest BCUT2D eigenvalue weighted by molar-refractivity contribution is 5.78. The van der Waals surface area contributed by atoms with Crippen LogP contribution in [0.3, 0.4) is 0 Å². The van der Waals surface area contributed by atoms with Crippen molar-refractivity contribution in [3.63, 3.8) is 0 Å². The number of aromatic amines is 1. The Morgan fingerprint density at radius 2 is 2.12 bits per heavy atom. The third-order valence-corrected chi connectivity index (χ3v) is 2.61. The lowest BCUT2D eigenvalue weighted by atomic mass is 10.3. The summed E-state index contributed by atoms with van der Waals surface area (Å²) >= 11 is 0. The highest BCUT2D eigenvalue weighted by atomic mass is 16.4. The summed E-state index contributed by atoms with van der Waals surface area (Å²) in [6.07, 6.45) is 0. The number of benzene rings is 1. The molecule has 1 aromatic carbocycles. The van der Waals surface area contributed by atoms with Crippen molar-refractivity contribution in [2.45, 2.75) is 6.92 Å². The molecule has 3 rings (SSSR count). The van der Waals surface area contributed by atoms with E-state index in [1.165, 1.54) is 16.7 Å². The first kappa shape index (κ1) is 9.77. The Balaban J connectivity index is 2.36. The number of imidazole rings is 1. The molecule has 86 valence electrons. The molecule has 3 aromatic rings. The fourth-order valence-corrected chi connectivity index (χ4v) is 1.86. The van der Waals surface area contributed by atoms with Crippen LogP contribution < -0.4 is 5.69 Å². The number of H-pyrrole nitrogens is 1. The second-order valence-electron chi connectivity index (χ2n) is 3.85. The number of aromatic nitrogens is 2. The van der Waals surface area contributed by atoms with Gasteiger partial charge in [-0.1, -0.05) is 0 Å². The van der Waals surface area contributed by atoms with E-state index in [0.29, 0.717) is 16.9 Å². The van der Waals surface area contributed by atoms with Crippen molar-refractivity contribution in [3.05, 3.63) is 46.6 Å². The number of nitrogens with one attached hydrogen (secondary N) is 1. The lowest BCUT2D eigenvalue weighted by molar-refractivity contribution is 0.476. The van der Waals surface area contributed by atoms with Gasteiger partial charge in [0.15, 0.2) is 0 Å². The first-order chi connectivity index (χ1) is 8.15. The maximum atomic E-state index is 11.8. The Hall–Kier alpha value is -2.43. The normalized spacial score (nSPS) is 11.1. The van der Waals surface area contributed by atoms with Crippen molar-refractivity contribution in [1.29, 1.82) is 0 Å². The van der Waals surface area contributed by atoms with Gasteiger partial charge >= 0.3 is 5.69 Å². The Labute approximate surface area is 95.9 Å². The second-order valence-corrected chi connectivity index (χ2v) is 3.85. The average Bonchev–Trinajstić information content (AvgIpc) is 2.80. The van der Waals surface area contributed by atoms with Crippen LogP contribution in [0.5, 0.6) is 5.75 Å². The highest BCUT2D eigenvalue weighted by Crippen LogP contribution is 2.20. The maximum Gasteiger partial charge on any atom is 0.333 e. The molecule has 2 heterocycles. The quantitative estimate of drug-likeness (QED) is 0.671. The van der Waals surface area contributed by atoms with Crippen LogP contribution in [-0.4, -0.2) is 14.7 Å². The molecule has 0 aliphatic rings. The molecule has 17 heavy (non-hydrogen) atoms. The number of furan rings is 1. The van der Waals surface area contributed by atoms with E-state index < -0.39 is 0 Å². The SMILES string of the molecule is Cc1ccc(-n2c(=O)[nH]c3cc(O)ccc32)o1. The molecule has 2 N–H and O–H groups in total. The smallest absolute Gasteiger partial charge is 0.333 e. The zero-order chi connectivity index (χ0) is 12.0. The average molecular weight is 230 g/mol. The van der Waals surface area contributed by atoms with Crippen LogP contribution in [0.2, 0.25) is 0 Å². The number of rotatable bonds is 1. The lowest BCUT2D eigenvalue weighted by Crippen LogP contribution is -2.13. The van der Waals surface area contributed by atoms with Crippen molar-refractivity contribution in [2.75, 3.05) is 0 Å². The Kier molecular flexibility index (Phi) is 1.89. The van der Waals surface area contributed by atoms with Crippen LogP contribution in [0.4, 0.5) is 0 Å². The summed E-state index contributed by atoms with van der Waals surface area (Å²) in [6, 6.07) is 8.23. The molecule has 0 spiro atoms. The molecule has 5 heteroatoms. The Bertz CT molecular complexity index is 749. The summed E-state index contributed by atoms with van der Waals surface area (Å²) in [5, 5.41) is 9.35. The first-order valence-electron chi connectivity index (χ1n) is 5.16. The van der Waals surface area contributed by atoms with E-state index in [-0.39, 0.29) is 11.4 Å². The van der Waals surface area contributed by atoms with E-state index in [9.17, 15) is 9.90 Å². The monoisotopic (exact) mass is 230 g/mol. The standard InChI is InChI=1S/C12H10N2O3/c1-7-2-5-11(17-7)14-10-4-3-8(15)6-9(10)13-12(14)16/h2-6,15H,1H3,(H,13,16). The Morgan fingerprint density at radius 1 is 1.29 bits per heavy atom. The summed E-state index contributed by atoms with van der Waals surface area (Å²) < 4.78 is 6.86. The molecule has 0 fully saturated rings. The van der Waals surface area contributed by atoms with E-state index in [1.54, 1.807) is 18.2 Å². The molecule has 5 nitrogen and oxygen atoms in total. The van der Waals surface area contributed by atoms with Gasteiger partial charge in [0, 0.05) is 12.1 Å². The van der Waals surface area contributed by atoms with Gasteiger partial charge < -0.3 is 14.5 Å². The molecule has 0 atom stereocenters. The summed E-state index contributed by atoms with van der Waals surface area (Å²) in [6.45, 7) is 1.81. The fraction of sp³-hybridized carbons (Fsp3) is 0.0833. The van der Waals surface area contributed by atoms with Crippen LogP contribution >= 0.6 is 0 Å². The van der Waals surface area contributed by atoms with Gasteiger partial charge in [0.1, 0.15) is 11.5 Å². The number of aromatic hydroxyl groups is 1. The number of phenols is 1. The Morgan fingerprint density at radius 3 is 2.82 bits per heavy atom. The van der Waals surface area contributed by atoms with Crippen LogP contribution in [0.25, 0.3) is 16.9 Å². The van der Waals surface area contributed by atoms with Gasteiger partial charge in [0.05, 0.1) is 11.0 Å². The van der Waals surface area contributed by atoms with Gasteiger partial charge in [0.25, 0.3) is 0 Å². The molecular formula is C12H10N2O3. The van der Waals surface area contributed by atoms with Gasteiger partial charge in [-0.25, -0.2) is 9.36 Å². The van der Waals surface area contributed by atoms with Crippen LogP contribution in [0.15, 0.2) is 39.5 Å². The minimum Gasteiger partial charge on any atom is -0.508 e. The number of aryl methyl sites for hydroxylation is 1. The molecule has 0 saturated carbocycles. The zero-order valence-corrected chi connectivity index (χ0v) is 9.10. The summed E-state index contributed by atoms with van der Waals surface area (Å²) in [5.41, 5.74) is 0.950. The molecule has 0 amide bonds. The summed E-state index contributed by atoms with van der Waals surface area (Å²) in [7, 11) is 0. The third-order valence-electron chi connectivity index (χ3n) is 2.61. The lowest BCUT2D eigenvalue weighted by Gasteiger charge is -1.98. The second kappa shape index (κ2) is 3.28. The third kappa shape index (κ3) is 1.44. The molecule has 2 aromatic heterocycles. The number of hydrogen-bond donors (Lipinski definition) is 2. The first-order valence-corrected chi connectivity index (χ1v) is 5.16. The molecule has 0 unspecified atom stereocenters. The van der Waals surface area contributed by atoms with Gasteiger partial charge in [-0.15, -0.1) is 0 Å². The fourth-order valence-electron chi connectivity index (χ4n) is 1.86. The van der Waals surface area contributed by atoms with Crippen LogP contribution in [0, 0.1) is 6.92 Å². The summed E-state index contributed by atoms with van der Waals surface area (Å²) in [4.78, 5) is 14.5. The van der Waals surface area contributed by atoms with E-state index in [1.807, 2.05) is 6.92 Å². The molecule has 0 aliphatic carbocycles. The van der Waals surface area contributed by atoms with Crippen molar-refractivity contribution in [1.82, 2.24) is 9.55 Å². The van der Waals surface area contributed by atoms with E-state index in [4.69, 9.17) is 4.42 Å². The van der Waals surface area contributed by atoms with Crippen LogP contribution in [0.1, 0.15) is 5.76 Å². The molecule has 0 bridgehead atoms.